The van der Waals surface area contributed by atoms with Gasteiger partial charge in [-0.15, -0.1) is 0 Å². The lowest BCUT2D eigenvalue weighted by Gasteiger charge is -2.38. The zero-order chi connectivity index (χ0) is 19.7. The Balaban J connectivity index is 1.42. The topological polar surface area (TPSA) is 53.8 Å². The monoisotopic (exact) mass is 389 g/mol. The van der Waals surface area contributed by atoms with Crippen molar-refractivity contribution in [2.75, 3.05) is 53.9 Å². The van der Waals surface area contributed by atoms with Gasteiger partial charge < -0.3 is 14.5 Å². The molecule has 3 heterocycles. The zero-order valence-corrected chi connectivity index (χ0v) is 17.5. The van der Waals surface area contributed by atoms with E-state index in [0.717, 1.165) is 18.9 Å². The summed E-state index contributed by atoms with van der Waals surface area (Å²) in [6.07, 6.45) is 8.63. The van der Waals surface area contributed by atoms with Gasteiger partial charge in [0.05, 0.1) is 12.1 Å². The average Bonchev–Trinajstić information content (AvgIpc) is 3.35. The van der Waals surface area contributed by atoms with E-state index in [1.54, 1.807) is 19.0 Å². The number of piperidine rings is 1. The number of likely N-dealkylation sites (N-methyl/N-ethyl adjacent to an activating group) is 1. The molecule has 2 saturated heterocycles. The lowest BCUT2D eigenvalue weighted by Crippen LogP contribution is -2.42. The number of likely N-dealkylation sites (tertiary alicyclic amines) is 2. The van der Waals surface area contributed by atoms with Crippen LogP contribution in [0.4, 0.5) is 0 Å². The highest BCUT2D eigenvalue weighted by atomic mass is 16.5. The molecule has 0 aromatic carbocycles. The fraction of sp³-hybridized carbons (Fsp3) is 0.810. The Kier molecular flexibility index (Phi) is 6.04. The molecule has 1 amide bonds. The molecular weight excluding hydrogens is 354 g/mol. The van der Waals surface area contributed by atoms with Crippen LogP contribution < -0.4 is 0 Å². The van der Waals surface area contributed by atoms with Gasteiger partial charge in [-0.3, -0.25) is 14.4 Å². The van der Waals surface area contributed by atoms with Gasteiger partial charge in [0.25, 0.3) is 0 Å². The molecule has 28 heavy (non-hydrogen) atoms. The molecule has 0 radical (unpaired) electrons. The van der Waals surface area contributed by atoms with E-state index in [-0.39, 0.29) is 24.7 Å². The molecule has 4 atom stereocenters. The van der Waals surface area contributed by atoms with Gasteiger partial charge >= 0.3 is 0 Å². The van der Waals surface area contributed by atoms with Crippen LogP contribution in [0.2, 0.25) is 0 Å². The van der Waals surface area contributed by atoms with Crippen LogP contribution in [0.25, 0.3) is 0 Å². The van der Waals surface area contributed by atoms with E-state index in [4.69, 9.17) is 4.74 Å². The molecule has 0 unspecified atom stereocenters. The highest BCUT2D eigenvalue weighted by Gasteiger charge is 2.45. The first-order valence-electron chi connectivity index (χ1n) is 10.7. The summed E-state index contributed by atoms with van der Waals surface area (Å²) in [5, 5.41) is 4.51. The van der Waals surface area contributed by atoms with Gasteiger partial charge in [-0.2, -0.15) is 5.10 Å². The van der Waals surface area contributed by atoms with E-state index in [2.05, 4.69) is 26.6 Å². The van der Waals surface area contributed by atoms with E-state index in [9.17, 15) is 4.79 Å². The number of carbonyl (C=O) groups is 1. The summed E-state index contributed by atoms with van der Waals surface area (Å²) >= 11 is 0. The molecule has 1 aromatic heterocycles. The first-order valence-corrected chi connectivity index (χ1v) is 10.7. The number of hydrogen-bond acceptors (Lipinski definition) is 5. The molecule has 7 heteroatoms. The second-order valence-corrected chi connectivity index (χ2v) is 9.17. The maximum Gasteiger partial charge on any atom is 0.248 e. The maximum atomic E-state index is 12.1. The van der Waals surface area contributed by atoms with Crippen LogP contribution in [0, 0.1) is 11.8 Å². The zero-order valence-electron chi connectivity index (χ0n) is 17.5. The fourth-order valence-corrected chi connectivity index (χ4v) is 5.33. The standard InChI is InChI=1S/C21H35N5O2/c1-23(2)21(27)15-28-20-12-17-14-25(18-5-9-24(3)10-6-18)13-16(17)11-19(20)26-8-4-7-22-26/h4,7-8,16-20H,5-6,9-15H2,1-3H3/t16-,17+,19-,20-/m0/s1. The highest BCUT2D eigenvalue weighted by Crippen LogP contribution is 2.43. The largest absolute Gasteiger partial charge is 0.366 e. The molecule has 0 bridgehead atoms. The summed E-state index contributed by atoms with van der Waals surface area (Å²) in [5.41, 5.74) is 0. The normalized spacial score (nSPS) is 32.4. The Labute approximate surface area is 168 Å². The van der Waals surface area contributed by atoms with Gasteiger partial charge in [-0.25, -0.2) is 0 Å². The molecule has 0 N–H and O–H groups in total. The second-order valence-electron chi connectivity index (χ2n) is 9.17. The molecule has 3 aliphatic rings. The quantitative estimate of drug-likeness (QED) is 0.761. The van der Waals surface area contributed by atoms with Crippen LogP contribution in [-0.2, 0) is 9.53 Å². The van der Waals surface area contributed by atoms with Crippen LogP contribution in [0.15, 0.2) is 18.5 Å². The minimum absolute atomic E-state index is 0.0284. The number of nitrogens with zero attached hydrogens (tertiary/aromatic N) is 5. The van der Waals surface area contributed by atoms with Crippen LogP contribution >= 0.6 is 0 Å². The van der Waals surface area contributed by atoms with Crippen molar-refractivity contribution in [1.29, 1.82) is 0 Å². The molecule has 4 rings (SSSR count). The van der Waals surface area contributed by atoms with Crippen molar-refractivity contribution in [1.82, 2.24) is 24.5 Å². The van der Waals surface area contributed by atoms with Crippen LogP contribution in [-0.4, -0.2) is 96.5 Å². The number of rotatable bonds is 5. The summed E-state index contributed by atoms with van der Waals surface area (Å²) in [7, 11) is 5.79. The Bertz CT molecular complexity index is 641. The van der Waals surface area contributed by atoms with E-state index >= 15 is 0 Å². The van der Waals surface area contributed by atoms with Crippen LogP contribution in [0.3, 0.4) is 0 Å². The Morgan fingerprint density at radius 1 is 1.18 bits per heavy atom. The number of aromatic nitrogens is 2. The van der Waals surface area contributed by atoms with E-state index in [1.807, 2.05) is 18.5 Å². The molecule has 0 spiro atoms. The van der Waals surface area contributed by atoms with E-state index in [0.29, 0.717) is 11.8 Å². The summed E-state index contributed by atoms with van der Waals surface area (Å²) in [6, 6.07) is 2.94. The SMILES string of the molecule is CN1CCC(N2C[C@H]3C[C@H](OCC(=O)N(C)C)[C@@H](n4cccn4)C[C@H]3C2)CC1. The van der Waals surface area contributed by atoms with Gasteiger partial charge in [-0.05, 0) is 63.7 Å². The van der Waals surface area contributed by atoms with E-state index in [1.165, 1.54) is 39.0 Å². The molecule has 7 nitrogen and oxygen atoms in total. The minimum Gasteiger partial charge on any atom is -0.366 e. The molecule has 1 saturated carbocycles. The fourth-order valence-electron chi connectivity index (χ4n) is 5.33. The summed E-state index contributed by atoms with van der Waals surface area (Å²) in [4.78, 5) is 18.9. The van der Waals surface area contributed by atoms with Crippen molar-refractivity contribution in [2.45, 2.75) is 43.9 Å². The van der Waals surface area contributed by atoms with Crippen LogP contribution in [0.1, 0.15) is 31.7 Å². The van der Waals surface area contributed by atoms with Gasteiger partial charge in [0.2, 0.25) is 5.91 Å². The number of amides is 1. The van der Waals surface area contributed by atoms with E-state index < -0.39 is 0 Å². The third kappa shape index (κ3) is 4.26. The molecule has 1 aliphatic carbocycles. The molecular formula is C21H35N5O2. The van der Waals surface area contributed by atoms with Gasteiger partial charge in [-0.1, -0.05) is 0 Å². The summed E-state index contributed by atoms with van der Waals surface area (Å²) in [6.45, 7) is 4.98. The van der Waals surface area contributed by atoms with Crippen molar-refractivity contribution in [3.63, 3.8) is 0 Å². The third-order valence-corrected chi connectivity index (χ3v) is 7.10. The molecule has 156 valence electrons. The third-order valence-electron chi connectivity index (χ3n) is 7.10. The van der Waals surface area contributed by atoms with Gasteiger partial charge in [0.1, 0.15) is 6.61 Å². The lowest BCUT2D eigenvalue weighted by molar-refractivity contribution is -0.138. The van der Waals surface area contributed by atoms with Crippen molar-refractivity contribution in [2.24, 2.45) is 11.8 Å². The Morgan fingerprint density at radius 2 is 1.89 bits per heavy atom. The van der Waals surface area contributed by atoms with Crippen molar-refractivity contribution in [3.8, 4) is 0 Å². The van der Waals surface area contributed by atoms with Crippen molar-refractivity contribution < 1.29 is 9.53 Å². The van der Waals surface area contributed by atoms with Crippen molar-refractivity contribution in [3.05, 3.63) is 18.5 Å². The number of carbonyl (C=O) groups excluding carboxylic acids is 1. The van der Waals surface area contributed by atoms with Gasteiger partial charge in [0, 0.05) is 45.6 Å². The second kappa shape index (κ2) is 8.51. The Morgan fingerprint density at radius 3 is 2.54 bits per heavy atom. The van der Waals surface area contributed by atoms with Crippen molar-refractivity contribution >= 4 is 5.91 Å². The smallest absolute Gasteiger partial charge is 0.248 e. The first kappa shape index (κ1) is 19.9. The van der Waals surface area contributed by atoms with Gasteiger partial charge in [0.15, 0.2) is 0 Å². The predicted molar refractivity (Wildman–Crippen MR) is 108 cm³/mol. The number of ether oxygens (including phenoxy) is 1. The molecule has 3 fully saturated rings. The average molecular weight is 390 g/mol. The van der Waals surface area contributed by atoms with Crippen LogP contribution in [0.5, 0.6) is 0 Å². The number of fused-ring (bicyclic) bond motifs is 1. The Hall–Kier alpha value is -1.44. The minimum atomic E-state index is 0.0284. The summed E-state index contributed by atoms with van der Waals surface area (Å²) < 4.78 is 8.22. The lowest BCUT2D eigenvalue weighted by atomic mass is 9.77. The molecule has 2 aliphatic heterocycles. The number of hydrogen-bond donors (Lipinski definition) is 0. The molecule has 1 aromatic rings. The first-order chi connectivity index (χ1) is 13.5. The summed E-state index contributed by atoms with van der Waals surface area (Å²) in [5.74, 6) is 1.41. The maximum absolute atomic E-state index is 12.1. The highest BCUT2D eigenvalue weighted by molar-refractivity contribution is 5.76. The predicted octanol–water partition coefficient (Wildman–Crippen LogP) is 1.33.